The fourth-order valence-corrected chi connectivity index (χ4v) is 2.49. The molecule has 0 fully saturated rings. The van der Waals surface area contributed by atoms with Crippen molar-refractivity contribution in [2.45, 2.75) is 13.8 Å². The molecule has 2 nitrogen and oxygen atoms in total. The van der Waals surface area contributed by atoms with E-state index in [1.807, 2.05) is 60.5 Å². The molecule has 0 saturated heterocycles. The van der Waals surface area contributed by atoms with Gasteiger partial charge in [-0.1, -0.05) is 24.3 Å². The number of para-hydroxylation sites is 1. The molecule has 0 bridgehead atoms. The van der Waals surface area contributed by atoms with E-state index < -0.39 is 0 Å². The highest BCUT2D eigenvalue weighted by molar-refractivity contribution is 7.12. The van der Waals surface area contributed by atoms with E-state index in [1.54, 1.807) is 0 Å². The predicted octanol–water partition coefficient (Wildman–Crippen LogP) is 3.72. The molecule has 88 valence electrons. The summed E-state index contributed by atoms with van der Waals surface area (Å²) in [5, 5.41) is 1.93. The van der Waals surface area contributed by atoms with Crippen LogP contribution in [0.15, 0.2) is 41.8 Å². The Balaban J connectivity index is 2.35. The van der Waals surface area contributed by atoms with E-state index in [-0.39, 0.29) is 5.91 Å². The van der Waals surface area contributed by atoms with Crippen molar-refractivity contribution in [3.05, 3.63) is 52.2 Å². The van der Waals surface area contributed by atoms with Crippen LogP contribution in [0.1, 0.15) is 22.2 Å². The van der Waals surface area contributed by atoms with Crippen molar-refractivity contribution in [2.24, 2.45) is 0 Å². The number of benzene rings is 1. The average molecular weight is 245 g/mol. The van der Waals surface area contributed by atoms with E-state index in [2.05, 4.69) is 0 Å². The Morgan fingerprint density at radius 2 is 2.00 bits per heavy atom. The van der Waals surface area contributed by atoms with Crippen molar-refractivity contribution in [3.63, 3.8) is 0 Å². The zero-order chi connectivity index (χ0) is 12.3. The van der Waals surface area contributed by atoms with Gasteiger partial charge in [0.05, 0.1) is 4.88 Å². The van der Waals surface area contributed by atoms with Gasteiger partial charge in [0, 0.05) is 12.2 Å². The van der Waals surface area contributed by atoms with Crippen molar-refractivity contribution in [1.82, 2.24) is 0 Å². The molecule has 1 aromatic carbocycles. The van der Waals surface area contributed by atoms with Gasteiger partial charge in [0.15, 0.2) is 0 Å². The van der Waals surface area contributed by atoms with Crippen molar-refractivity contribution in [1.29, 1.82) is 0 Å². The number of amides is 1. The van der Waals surface area contributed by atoms with Crippen molar-refractivity contribution in [2.75, 3.05) is 11.4 Å². The second-order valence-corrected chi connectivity index (χ2v) is 4.76. The molecule has 0 saturated carbocycles. The van der Waals surface area contributed by atoms with Gasteiger partial charge in [-0.05, 0) is 36.9 Å². The lowest BCUT2D eigenvalue weighted by Gasteiger charge is -2.22. The second-order valence-electron chi connectivity index (χ2n) is 3.81. The van der Waals surface area contributed by atoms with Gasteiger partial charge in [-0.2, -0.15) is 0 Å². The van der Waals surface area contributed by atoms with Crippen molar-refractivity contribution in [3.8, 4) is 0 Å². The molecule has 0 N–H and O–H groups in total. The molecule has 0 aliphatic carbocycles. The van der Waals surface area contributed by atoms with E-state index >= 15 is 0 Å². The summed E-state index contributed by atoms with van der Waals surface area (Å²) in [6.07, 6.45) is 0. The lowest BCUT2D eigenvalue weighted by Crippen LogP contribution is -2.30. The standard InChI is InChI=1S/C14H15NOS/c1-3-15(12-8-5-4-7-11(12)2)14(16)13-9-6-10-17-13/h4-10H,3H2,1-2H3. The number of rotatable bonds is 3. The fourth-order valence-electron chi connectivity index (χ4n) is 1.82. The van der Waals surface area contributed by atoms with Crippen LogP contribution >= 0.6 is 11.3 Å². The van der Waals surface area contributed by atoms with Gasteiger partial charge in [0.2, 0.25) is 0 Å². The minimum absolute atomic E-state index is 0.0804. The summed E-state index contributed by atoms with van der Waals surface area (Å²) in [6.45, 7) is 4.71. The molecule has 0 aliphatic rings. The van der Waals surface area contributed by atoms with Crippen LogP contribution in [0.4, 0.5) is 5.69 Å². The van der Waals surface area contributed by atoms with Crippen LogP contribution in [0.25, 0.3) is 0 Å². The Labute approximate surface area is 106 Å². The van der Waals surface area contributed by atoms with E-state index in [0.29, 0.717) is 6.54 Å². The number of nitrogens with zero attached hydrogens (tertiary/aromatic N) is 1. The van der Waals surface area contributed by atoms with E-state index in [1.165, 1.54) is 11.3 Å². The van der Waals surface area contributed by atoms with Crippen molar-refractivity contribution < 1.29 is 4.79 Å². The van der Waals surface area contributed by atoms with E-state index in [0.717, 1.165) is 16.1 Å². The van der Waals surface area contributed by atoms with Gasteiger partial charge in [-0.15, -0.1) is 11.3 Å². The topological polar surface area (TPSA) is 20.3 Å². The van der Waals surface area contributed by atoms with E-state index in [4.69, 9.17) is 0 Å². The monoisotopic (exact) mass is 245 g/mol. The first-order valence-corrected chi connectivity index (χ1v) is 6.53. The molecule has 3 heteroatoms. The molecular formula is C14H15NOS. The SMILES string of the molecule is CCN(C(=O)c1cccs1)c1ccccc1C. The Morgan fingerprint density at radius 3 is 2.59 bits per heavy atom. The molecule has 0 spiro atoms. The Kier molecular flexibility index (Phi) is 3.59. The number of anilines is 1. The summed E-state index contributed by atoms with van der Waals surface area (Å²) in [4.78, 5) is 14.9. The van der Waals surface area contributed by atoms with Gasteiger partial charge in [-0.25, -0.2) is 0 Å². The first-order chi connectivity index (χ1) is 8.24. The van der Waals surface area contributed by atoms with E-state index in [9.17, 15) is 4.79 Å². The molecule has 0 atom stereocenters. The first-order valence-electron chi connectivity index (χ1n) is 5.65. The highest BCUT2D eigenvalue weighted by Crippen LogP contribution is 2.22. The molecular weight excluding hydrogens is 230 g/mol. The maximum atomic E-state index is 12.3. The van der Waals surface area contributed by atoms with Crippen molar-refractivity contribution >= 4 is 22.9 Å². The van der Waals surface area contributed by atoms with Crippen LogP contribution in [0, 0.1) is 6.92 Å². The normalized spacial score (nSPS) is 10.2. The third kappa shape index (κ3) is 2.39. The van der Waals surface area contributed by atoms with Crippen LogP contribution in [0.2, 0.25) is 0 Å². The van der Waals surface area contributed by atoms with Crippen LogP contribution in [-0.4, -0.2) is 12.5 Å². The summed E-state index contributed by atoms with van der Waals surface area (Å²) < 4.78 is 0. The molecule has 2 aromatic rings. The van der Waals surface area contributed by atoms with Crippen LogP contribution in [-0.2, 0) is 0 Å². The Morgan fingerprint density at radius 1 is 1.24 bits per heavy atom. The lowest BCUT2D eigenvalue weighted by atomic mass is 10.1. The Hall–Kier alpha value is -1.61. The molecule has 1 aromatic heterocycles. The first kappa shape index (κ1) is 11.9. The summed E-state index contributed by atoms with van der Waals surface area (Å²) >= 11 is 1.48. The van der Waals surface area contributed by atoms with Gasteiger partial charge in [0.1, 0.15) is 0 Å². The number of thiophene rings is 1. The third-order valence-corrected chi connectivity index (χ3v) is 3.56. The number of hydrogen-bond donors (Lipinski definition) is 0. The molecule has 1 heterocycles. The van der Waals surface area contributed by atoms with Gasteiger partial charge < -0.3 is 4.90 Å². The zero-order valence-corrected chi connectivity index (χ0v) is 10.8. The maximum Gasteiger partial charge on any atom is 0.268 e. The van der Waals surface area contributed by atoms with Gasteiger partial charge in [-0.3, -0.25) is 4.79 Å². The second kappa shape index (κ2) is 5.15. The maximum absolute atomic E-state index is 12.3. The zero-order valence-electron chi connectivity index (χ0n) is 10.0. The number of carbonyl (C=O) groups excluding carboxylic acids is 1. The summed E-state index contributed by atoms with van der Waals surface area (Å²) in [6, 6.07) is 11.7. The third-order valence-electron chi connectivity index (χ3n) is 2.70. The minimum atomic E-state index is 0.0804. The minimum Gasteiger partial charge on any atom is -0.308 e. The van der Waals surface area contributed by atoms with Gasteiger partial charge >= 0.3 is 0 Å². The fraction of sp³-hybridized carbons (Fsp3) is 0.214. The summed E-state index contributed by atoms with van der Waals surface area (Å²) in [7, 11) is 0. The number of hydrogen-bond acceptors (Lipinski definition) is 2. The van der Waals surface area contributed by atoms with Crippen LogP contribution in [0.3, 0.4) is 0 Å². The highest BCUT2D eigenvalue weighted by atomic mass is 32.1. The molecule has 1 amide bonds. The molecule has 17 heavy (non-hydrogen) atoms. The predicted molar refractivity (Wildman–Crippen MR) is 72.8 cm³/mol. The van der Waals surface area contributed by atoms with Gasteiger partial charge in [0.25, 0.3) is 5.91 Å². The average Bonchev–Trinajstić information content (AvgIpc) is 2.86. The smallest absolute Gasteiger partial charge is 0.268 e. The highest BCUT2D eigenvalue weighted by Gasteiger charge is 2.17. The Bertz CT molecular complexity index is 505. The molecule has 0 unspecified atom stereocenters. The lowest BCUT2D eigenvalue weighted by molar-refractivity contribution is 0.0992. The summed E-state index contributed by atoms with van der Waals surface area (Å²) in [5.41, 5.74) is 2.12. The van der Waals surface area contributed by atoms with Crippen LogP contribution in [0.5, 0.6) is 0 Å². The number of carbonyl (C=O) groups is 1. The molecule has 2 rings (SSSR count). The summed E-state index contributed by atoms with van der Waals surface area (Å²) in [5.74, 6) is 0.0804. The number of aryl methyl sites for hydroxylation is 1. The van der Waals surface area contributed by atoms with Crippen LogP contribution < -0.4 is 4.90 Å². The molecule has 0 radical (unpaired) electrons. The quantitative estimate of drug-likeness (QED) is 0.807. The molecule has 0 aliphatic heterocycles. The largest absolute Gasteiger partial charge is 0.308 e.